The van der Waals surface area contributed by atoms with Gasteiger partial charge in [-0.1, -0.05) is 25.5 Å². The van der Waals surface area contributed by atoms with Crippen LogP contribution in [0.25, 0.3) is 0 Å². The molecule has 1 unspecified atom stereocenters. The zero-order valence-electron chi connectivity index (χ0n) is 6.06. The third-order valence-corrected chi connectivity index (χ3v) is 1.96. The molecule has 0 bridgehead atoms. The Morgan fingerprint density at radius 2 is 2.22 bits per heavy atom. The van der Waals surface area contributed by atoms with Gasteiger partial charge in [-0.2, -0.15) is 0 Å². The monoisotopic (exact) mass is 128 g/mol. The summed E-state index contributed by atoms with van der Waals surface area (Å²) in [5, 5.41) is 0. The van der Waals surface area contributed by atoms with Gasteiger partial charge in [0.15, 0.2) is 0 Å². The minimum atomic E-state index is 0. The number of hydrogen-bond acceptors (Lipinski definition) is 0. The highest BCUT2D eigenvalue weighted by atomic mass is 16.0. The van der Waals surface area contributed by atoms with Crippen LogP contribution < -0.4 is 0 Å². The molecular formula is C8H16O. The molecule has 1 heteroatoms. The minimum absolute atomic E-state index is 0. The molecule has 0 fully saturated rings. The normalized spacial score (nSPS) is 25.2. The van der Waals surface area contributed by atoms with Crippen LogP contribution in [0.1, 0.15) is 32.6 Å². The van der Waals surface area contributed by atoms with Gasteiger partial charge < -0.3 is 5.48 Å². The Labute approximate surface area is 57.1 Å². The van der Waals surface area contributed by atoms with Crippen LogP contribution >= 0.6 is 0 Å². The lowest BCUT2D eigenvalue weighted by atomic mass is 9.92. The highest BCUT2D eigenvalue weighted by Crippen LogP contribution is 2.20. The molecule has 1 atom stereocenters. The highest BCUT2D eigenvalue weighted by Gasteiger charge is 2.04. The average molecular weight is 128 g/mol. The molecule has 9 heavy (non-hydrogen) atoms. The Hall–Kier alpha value is -0.300. The lowest BCUT2D eigenvalue weighted by Crippen LogP contribution is -1.99. The molecule has 0 aromatic heterocycles. The zero-order valence-corrected chi connectivity index (χ0v) is 6.06. The van der Waals surface area contributed by atoms with Crippen LogP contribution in [0, 0.1) is 5.92 Å². The minimum Gasteiger partial charge on any atom is -0.412 e. The molecule has 0 aliphatic heterocycles. The second-order valence-electron chi connectivity index (χ2n) is 2.56. The number of rotatable bonds is 1. The van der Waals surface area contributed by atoms with E-state index in [1.165, 1.54) is 25.7 Å². The first-order chi connectivity index (χ1) is 3.93. The van der Waals surface area contributed by atoms with Crippen molar-refractivity contribution in [2.24, 2.45) is 5.92 Å². The zero-order chi connectivity index (χ0) is 5.82. The van der Waals surface area contributed by atoms with Crippen molar-refractivity contribution in [2.45, 2.75) is 32.6 Å². The van der Waals surface area contributed by atoms with Crippen LogP contribution in [0.3, 0.4) is 0 Å². The first-order valence-corrected chi connectivity index (χ1v) is 3.58. The van der Waals surface area contributed by atoms with Gasteiger partial charge in [0.25, 0.3) is 0 Å². The highest BCUT2D eigenvalue weighted by molar-refractivity contribution is 4.89. The van der Waals surface area contributed by atoms with Crippen molar-refractivity contribution in [3.8, 4) is 0 Å². The summed E-state index contributed by atoms with van der Waals surface area (Å²) in [5.74, 6) is 1.000. The van der Waals surface area contributed by atoms with Crippen molar-refractivity contribution < 1.29 is 5.48 Å². The number of hydrogen-bond donors (Lipinski definition) is 0. The molecule has 0 radical (unpaired) electrons. The number of allylic oxidation sites excluding steroid dienone is 2. The van der Waals surface area contributed by atoms with E-state index in [-0.39, 0.29) is 5.48 Å². The topological polar surface area (TPSA) is 31.5 Å². The summed E-state index contributed by atoms with van der Waals surface area (Å²) in [6.07, 6.45) is 10.1. The maximum absolute atomic E-state index is 2.32. The van der Waals surface area contributed by atoms with Gasteiger partial charge in [-0.3, -0.25) is 0 Å². The molecule has 0 saturated carbocycles. The van der Waals surface area contributed by atoms with Crippen molar-refractivity contribution in [3.63, 3.8) is 0 Å². The standard InChI is InChI=1S/C8H14.H2O/c1-2-8-6-4-3-5-7-8;/h3-4,8H,2,5-7H2,1H3;1H2. The molecule has 0 amide bonds. The van der Waals surface area contributed by atoms with E-state index in [0.29, 0.717) is 0 Å². The molecule has 0 aromatic rings. The summed E-state index contributed by atoms with van der Waals surface area (Å²) in [4.78, 5) is 0. The van der Waals surface area contributed by atoms with E-state index in [4.69, 9.17) is 0 Å². The Morgan fingerprint density at radius 1 is 1.44 bits per heavy atom. The fourth-order valence-electron chi connectivity index (χ4n) is 1.23. The third kappa shape index (κ3) is 2.66. The van der Waals surface area contributed by atoms with E-state index >= 15 is 0 Å². The summed E-state index contributed by atoms with van der Waals surface area (Å²) in [7, 11) is 0. The van der Waals surface area contributed by atoms with Gasteiger partial charge in [0.05, 0.1) is 0 Å². The molecule has 0 saturated heterocycles. The largest absolute Gasteiger partial charge is 0.412 e. The van der Waals surface area contributed by atoms with Gasteiger partial charge >= 0.3 is 0 Å². The first kappa shape index (κ1) is 8.70. The lowest BCUT2D eigenvalue weighted by Gasteiger charge is -2.13. The predicted octanol–water partition coefficient (Wildman–Crippen LogP) is 1.93. The van der Waals surface area contributed by atoms with E-state index in [2.05, 4.69) is 19.1 Å². The maximum Gasteiger partial charge on any atom is -0.0322 e. The molecule has 1 aliphatic rings. The summed E-state index contributed by atoms with van der Waals surface area (Å²) < 4.78 is 0. The van der Waals surface area contributed by atoms with E-state index in [1.54, 1.807) is 0 Å². The van der Waals surface area contributed by atoms with Crippen molar-refractivity contribution in [1.29, 1.82) is 0 Å². The van der Waals surface area contributed by atoms with Crippen molar-refractivity contribution in [3.05, 3.63) is 12.2 Å². The van der Waals surface area contributed by atoms with Crippen LogP contribution in [0.5, 0.6) is 0 Å². The molecule has 54 valence electrons. The van der Waals surface area contributed by atoms with Crippen molar-refractivity contribution in [2.75, 3.05) is 0 Å². The van der Waals surface area contributed by atoms with E-state index in [1.807, 2.05) is 0 Å². The predicted molar refractivity (Wildman–Crippen MR) is 40.4 cm³/mol. The Morgan fingerprint density at radius 3 is 2.56 bits per heavy atom. The molecule has 0 aromatic carbocycles. The van der Waals surface area contributed by atoms with Gasteiger partial charge in [0.2, 0.25) is 0 Å². The fraction of sp³-hybridized carbons (Fsp3) is 0.750. The summed E-state index contributed by atoms with van der Waals surface area (Å²) in [6.45, 7) is 2.28. The Kier molecular flexibility index (Phi) is 4.41. The average Bonchev–Trinajstić information content (AvgIpc) is 1.90. The molecule has 0 heterocycles. The van der Waals surface area contributed by atoms with Gasteiger partial charge in [-0.15, -0.1) is 0 Å². The fourth-order valence-corrected chi connectivity index (χ4v) is 1.23. The lowest BCUT2D eigenvalue weighted by molar-refractivity contribution is 0.465. The quantitative estimate of drug-likeness (QED) is 0.483. The van der Waals surface area contributed by atoms with Gasteiger partial charge in [0.1, 0.15) is 0 Å². The molecular weight excluding hydrogens is 112 g/mol. The van der Waals surface area contributed by atoms with E-state index < -0.39 is 0 Å². The molecule has 0 spiro atoms. The Bertz CT molecular complexity index is 86.6. The molecule has 1 aliphatic carbocycles. The summed E-state index contributed by atoms with van der Waals surface area (Å²) in [5.41, 5.74) is 0. The van der Waals surface area contributed by atoms with Crippen molar-refractivity contribution in [1.82, 2.24) is 0 Å². The van der Waals surface area contributed by atoms with Crippen LogP contribution in [0.2, 0.25) is 0 Å². The van der Waals surface area contributed by atoms with Crippen LogP contribution in [-0.2, 0) is 0 Å². The molecule has 1 rings (SSSR count). The van der Waals surface area contributed by atoms with Crippen LogP contribution in [0.15, 0.2) is 12.2 Å². The second-order valence-corrected chi connectivity index (χ2v) is 2.56. The van der Waals surface area contributed by atoms with E-state index in [9.17, 15) is 0 Å². The smallest absolute Gasteiger partial charge is 0.0322 e. The summed E-state index contributed by atoms with van der Waals surface area (Å²) >= 11 is 0. The van der Waals surface area contributed by atoms with Crippen molar-refractivity contribution >= 4 is 0 Å². The Balaban J connectivity index is 0.000000640. The van der Waals surface area contributed by atoms with Gasteiger partial charge in [0, 0.05) is 0 Å². The van der Waals surface area contributed by atoms with Crippen LogP contribution in [-0.4, -0.2) is 5.48 Å². The van der Waals surface area contributed by atoms with E-state index in [0.717, 1.165) is 5.92 Å². The maximum atomic E-state index is 2.32. The first-order valence-electron chi connectivity index (χ1n) is 3.58. The van der Waals surface area contributed by atoms with Gasteiger partial charge in [-0.25, -0.2) is 0 Å². The van der Waals surface area contributed by atoms with Gasteiger partial charge in [-0.05, 0) is 25.2 Å². The molecule has 2 N–H and O–H groups in total. The summed E-state index contributed by atoms with van der Waals surface area (Å²) in [6, 6.07) is 0. The third-order valence-electron chi connectivity index (χ3n) is 1.96. The SMILES string of the molecule is CCC1CC=CCC1.O. The second kappa shape index (κ2) is 4.57. The van der Waals surface area contributed by atoms with Crippen LogP contribution in [0.4, 0.5) is 0 Å². The molecule has 1 nitrogen and oxygen atoms in total.